The number of carbonyl (C=O) groups is 1. The fourth-order valence-corrected chi connectivity index (χ4v) is 2.95. The molecule has 3 rings (SSSR count). The van der Waals surface area contributed by atoms with E-state index < -0.39 is 0 Å². The molecule has 1 aromatic heterocycles. The summed E-state index contributed by atoms with van der Waals surface area (Å²) in [6.45, 7) is 0.582. The number of benzene rings is 2. The molecule has 132 valence electrons. The van der Waals surface area contributed by atoms with Crippen LogP contribution in [0, 0.1) is 11.3 Å². The molecule has 0 saturated heterocycles. The third kappa shape index (κ3) is 4.22. The Morgan fingerprint density at radius 3 is 2.69 bits per heavy atom. The van der Waals surface area contributed by atoms with Crippen LogP contribution in [0.3, 0.4) is 0 Å². The number of aromatic amines is 1. The Hall–Kier alpha value is -3.26. The Kier molecular flexibility index (Phi) is 5.55. The van der Waals surface area contributed by atoms with Gasteiger partial charge in [-0.25, -0.2) is 0 Å². The summed E-state index contributed by atoms with van der Waals surface area (Å²) in [4.78, 5) is 15.3. The van der Waals surface area contributed by atoms with Gasteiger partial charge in [-0.15, -0.1) is 0 Å². The van der Waals surface area contributed by atoms with Gasteiger partial charge in [-0.1, -0.05) is 18.2 Å². The molecular formula is C21H21N3O2. The summed E-state index contributed by atoms with van der Waals surface area (Å²) in [5.41, 5.74) is 4.13. The lowest BCUT2D eigenvalue weighted by molar-refractivity contribution is -0.120. The van der Waals surface area contributed by atoms with Crippen molar-refractivity contribution in [2.75, 3.05) is 13.7 Å². The van der Waals surface area contributed by atoms with Crippen LogP contribution in [-0.4, -0.2) is 24.5 Å². The minimum atomic E-state index is 0.00283. The summed E-state index contributed by atoms with van der Waals surface area (Å²) in [6.07, 6.45) is 3.38. The van der Waals surface area contributed by atoms with Gasteiger partial charge in [-0.2, -0.15) is 5.26 Å². The van der Waals surface area contributed by atoms with E-state index in [2.05, 4.69) is 22.4 Å². The molecule has 5 heteroatoms. The number of hydrogen-bond acceptors (Lipinski definition) is 3. The summed E-state index contributed by atoms with van der Waals surface area (Å²) >= 11 is 0. The first-order valence-corrected chi connectivity index (χ1v) is 8.55. The van der Waals surface area contributed by atoms with Crippen LogP contribution >= 0.6 is 0 Å². The third-order valence-corrected chi connectivity index (χ3v) is 4.36. The van der Waals surface area contributed by atoms with Crippen LogP contribution in [0.25, 0.3) is 10.9 Å². The predicted octanol–water partition coefficient (Wildman–Crippen LogP) is 3.14. The van der Waals surface area contributed by atoms with E-state index >= 15 is 0 Å². The predicted molar refractivity (Wildman–Crippen MR) is 101 cm³/mol. The monoisotopic (exact) mass is 347 g/mol. The number of fused-ring (bicyclic) bond motifs is 1. The molecule has 0 fully saturated rings. The number of rotatable bonds is 7. The van der Waals surface area contributed by atoms with Crippen LogP contribution in [0.5, 0.6) is 5.75 Å². The number of nitriles is 1. The molecule has 0 aliphatic carbocycles. The molecule has 1 heterocycles. The summed E-state index contributed by atoms with van der Waals surface area (Å²) in [5, 5.41) is 12.9. The summed E-state index contributed by atoms with van der Waals surface area (Å²) in [7, 11) is 1.62. The quantitative estimate of drug-likeness (QED) is 0.689. The number of methoxy groups -OCH3 is 1. The number of amides is 1. The van der Waals surface area contributed by atoms with Gasteiger partial charge in [0, 0.05) is 23.6 Å². The number of H-pyrrole nitrogens is 1. The van der Waals surface area contributed by atoms with Crippen LogP contribution in [0.2, 0.25) is 0 Å². The lowest BCUT2D eigenvalue weighted by Crippen LogP contribution is -2.27. The number of hydrogen-bond donors (Lipinski definition) is 2. The molecule has 2 aromatic carbocycles. The normalized spacial score (nSPS) is 10.5. The topological polar surface area (TPSA) is 77.9 Å². The van der Waals surface area contributed by atoms with E-state index in [1.54, 1.807) is 7.11 Å². The molecule has 1 amide bonds. The molecule has 0 spiro atoms. The Balaban J connectivity index is 1.53. The Labute approximate surface area is 152 Å². The number of aromatic nitrogens is 1. The zero-order valence-corrected chi connectivity index (χ0v) is 14.7. The number of nitrogens with one attached hydrogen (secondary N) is 2. The van der Waals surface area contributed by atoms with Crippen molar-refractivity contribution in [3.63, 3.8) is 0 Å². The molecule has 0 atom stereocenters. The van der Waals surface area contributed by atoms with Gasteiger partial charge in [-0.3, -0.25) is 4.79 Å². The standard InChI is InChI=1S/C21H21N3O2/c1-26-18-5-2-15(3-6-18)13-21(25)23-11-9-16-4-7-20-19(12-16)17(8-10-22)14-24-20/h2-7,12,14,24H,8-9,11,13H2,1H3,(H,23,25). The second-order valence-corrected chi connectivity index (χ2v) is 6.15. The highest BCUT2D eigenvalue weighted by molar-refractivity contribution is 5.84. The molecule has 0 radical (unpaired) electrons. The average molecular weight is 347 g/mol. The van der Waals surface area contributed by atoms with Crippen molar-refractivity contribution in [2.24, 2.45) is 0 Å². The van der Waals surface area contributed by atoms with Crippen molar-refractivity contribution in [1.82, 2.24) is 10.3 Å². The summed E-state index contributed by atoms with van der Waals surface area (Å²) in [6, 6.07) is 15.8. The molecule has 5 nitrogen and oxygen atoms in total. The van der Waals surface area contributed by atoms with Gasteiger partial charge in [0.05, 0.1) is 26.0 Å². The first-order valence-electron chi connectivity index (χ1n) is 8.55. The lowest BCUT2D eigenvalue weighted by atomic mass is 10.1. The van der Waals surface area contributed by atoms with Gasteiger partial charge in [0.25, 0.3) is 0 Å². The lowest BCUT2D eigenvalue weighted by Gasteiger charge is -2.07. The number of ether oxygens (including phenoxy) is 1. The van der Waals surface area contributed by atoms with Crippen molar-refractivity contribution in [1.29, 1.82) is 5.26 Å². The molecule has 0 saturated carbocycles. The van der Waals surface area contributed by atoms with Crippen molar-refractivity contribution < 1.29 is 9.53 Å². The third-order valence-electron chi connectivity index (χ3n) is 4.36. The van der Waals surface area contributed by atoms with Crippen molar-refractivity contribution >= 4 is 16.8 Å². The van der Waals surface area contributed by atoms with Crippen LogP contribution in [0.15, 0.2) is 48.7 Å². The maximum absolute atomic E-state index is 12.1. The van der Waals surface area contributed by atoms with Gasteiger partial charge >= 0.3 is 0 Å². The molecular weight excluding hydrogens is 326 g/mol. The van der Waals surface area contributed by atoms with E-state index in [9.17, 15) is 4.79 Å². The number of carbonyl (C=O) groups excluding carboxylic acids is 1. The smallest absolute Gasteiger partial charge is 0.224 e. The van der Waals surface area contributed by atoms with E-state index in [0.717, 1.165) is 39.8 Å². The first-order chi connectivity index (χ1) is 12.7. The van der Waals surface area contributed by atoms with Crippen LogP contribution in [0.1, 0.15) is 16.7 Å². The van der Waals surface area contributed by atoms with E-state index in [1.807, 2.05) is 42.6 Å². The van der Waals surface area contributed by atoms with Gasteiger partial charge in [0.1, 0.15) is 5.75 Å². The van der Waals surface area contributed by atoms with E-state index in [0.29, 0.717) is 19.4 Å². The zero-order valence-electron chi connectivity index (χ0n) is 14.7. The minimum absolute atomic E-state index is 0.00283. The highest BCUT2D eigenvalue weighted by Gasteiger charge is 2.06. The summed E-state index contributed by atoms with van der Waals surface area (Å²) in [5.74, 6) is 0.785. The van der Waals surface area contributed by atoms with Crippen LogP contribution in [-0.2, 0) is 24.1 Å². The summed E-state index contributed by atoms with van der Waals surface area (Å²) < 4.78 is 5.12. The molecule has 2 N–H and O–H groups in total. The van der Waals surface area contributed by atoms with Crippen molar-refractivity contribution in [3.8, 4) is 11.8 Å². The zero-order chi connectivity index (χ0) is 18.4. The maximum atomic E-state index is 12.1. The minimum Gasteiger partial charge on any atom is -0.497 e. The first kappa shape index (κ1) is 17.6. The Bertz CT molecular complexity index is 936. The van der Waals surface area contributed by atoms with Crippen LogP contribution < -0.4 is 10.1 Å². The Morgan fingerprint density at radius 2 is 1.96 bits per heavy atom. The molecule has 0 aliphatic heterocycles. The van der Waals surface area contributed by atoms with Gasteiger partial charge in [-0.05, 0) is 47.4 Å². The highest BCUT2D eigenvalue weighted by atomic mass is 16.5. The molecule has 0 aliphatic rings. The van der Waals surface area contributed by atoms with Gasteiger partial charge in [0.15, 0.2) is 0 Å². The van der Waals surface area contributed by atoms with E-state index in [-0.39, 0.29) is 5.91 Å². The van der Waals surface area contributed by atoms with Crippen molar-refractivity contribution in [3.05, 3.63) is 65.4 Å². The SMILES string of the molecule is COc1ccc(CC(=O)NCCc2ccc3[nH]cc(CC#N)c3c2)cc1. The number of nitrogens with zero attached hydrogens (tertiary/aromatic N) is 1. The van der Waals surface area contributed by atoms with Crippen molar-refractivity contribution in [2.45, 2.75) is 19.3 Å². The average Bonchev–Trinajstić information content (AvgIpc) is 3.05. The largest absolute Gasteiger partial charge is 0.497 e. The molecule has 0 bridgehead atoms. The second-order valence-electron chi connectivity index (χ2n) is 6.15. The molecule has 0 unspecified atom stereocenters. The van der Waals surface area contributed by atoms with E-state index in [4.69, 9.17) is 10.00 Å². The second kappa shape index (κ2) is 8.21. The van der Waals surface area contributed by atoms with E-state index in [1.165, 1.54) is 0 Å². The van der Waals surface area contributed by atoms with Gasteiger partial charge < -0.3 is 15.0 Å². The fraction of sp³-hybridized carbons (Fsp3) is 0.238. The molecule has 3 aromatic rings. The van der Waals surface area contributed by atoms with Gasteiger partial charge in [0.2, 0.25) is 5.91 Å². The maximum Gasteiger partial charge on any atom is 0.224 e. The highest BCUT2D eigenvalue weighted by Crippen LogP contribution is 2.20. The Morgan fingerprint density at radius 1 is 1.19 bits per heavy atom. The fourth-order valence-electron chi connectivity index (χ4n) is 2.95. The van der Waals surface area contributed by atoms with Crippen LogP contribution in [0.4, 0.5) is 0 Å². The molecule has 26 heavy (non-hydrogen) atoms.